The van der Waals surface area contributed by atoms with Crippen LogP contribution in [0.1, 0.15) is 28.4 Å². The van der Waals surface area contributed by atoms with Crippen LogP contribution in [0.3, 0.4) is 0 Å². The van der Waals surface area contributed by atoms with Gasteiger partial charge in [-0.3, -0.25) is 9.48 Å². The van der Waals surface area contributed by atoms with Gasteiger partial charge >= 0.3 is 0 Å². The second-order valence-corrected chi connectivity index (χ2v) is 7.38. The zero-order chi connectivity index (χ0) is 22.0. The van der Waals surface area contributed by atoms with E-state index < -0.39 is 0 Å². The Labute approximate surface area is 181 Å². The van der Waals surface area contributed by atoms with Crippen LogP contribution in [0.4, 0.5) is 11.6 Å². The molecule has 1 amide bonds. The molecule has 1 N–H and O–H groups in total. The van der Waals surface area contributed by atoms with E-state index in [2.05, 4.69) is 15.4 Å². The molecule has 0 spiro atoms. The Kier molecular flexibility index (Phi) is 5.49. The Morgan fingerprint density at radius 1 is 1.03 bits per heavy atom. The number of nitrogens with one attached hydrogen (secondary N) is 1. The number of carbonyl (C=O) groups is 1. The van der Waals surface area contributed by atoms with Crippen LogP contribution in [0.25, 0.3) is 16.9 Å². The van der Waals surface area contributed by atoms with E-state index in [1.165, 1.54) is 11.8 Å². The van der Waals surface area contributed by atoms with Crippen LogP contribution in [0.5, 0.6) is 0 Å². The summed E-state index contributed by atoms with van der Waals surface area (Å²) in [6, 6.07) is 18.0. The first-order valence-electron chi connectivity index (χ1n) is 10.0. The lowest BCUT2D eigenvalue weighted by molar-refractivity contribution is 0.102. The molecule has 156 valence electrons. The number of carbonyl (C=O) groups excluding carboxylic acids is 1. The molecule has 0 aliphatic carbocycles. The number of rotatable bonds is 5. The van der Waals surface area contributed by atoms with E-state index in [1.54, 1.807) is 29.5 Å². The third-order valence-corrected chi connectivity index (χ3v) is 4.98. The van der Waals surface area contributed by atoms with Crippen LogP contribution in [0.15, 0.2) is 65.8 Å². The van der Waals surface area contributed by atoms with Crippen LogP contribution in [0, 0.1) is 13.8 Å². The Morgan fingerprint density at radius 3 is 2.32 bits per heavy atom. The summed E-state index contributed by atoms with van der Waals surface area (Å²) in [4.78, 5) is 17.3. The zero-order valence-corrected chi connectivity index (χ0v) is 18.0. The quantitative estimate of drug-likeness (QED) is 0.475. The van der Waals surface area contributed by atoms with E-state index in [0.717, 1.165) is 22.5 Å². The molecular formula is C24H24N6O. The summed E-state index contributed by atoms with van der Waals surface area (Å²) in [5, 5.41) is 11.9. The van der Waals surface area contributed by atoms with Gasteiger partial charge in [-0.2, -0.15) is 10.2 Å². The lowest BCUT2D eigenvalue weighted by Gasteiger charge is -2.09. The van der Waals surface area contributed by atoms with E-state index in [9.17, 15) is 4.79 Å². The molecule has 0 unspecified atom stereocenters. The minimum atomic E-state index is -0.294. The van der Waals surface area contributed by atoms with Crippen molar-refractivity contribution >= 4 is 23.8 Å². The summed E-state index contributed by atoms with van der Waals surface area (Å²) < 4.78 is 3.32. The molecule has 7 heteroatoms. The van der Waals surface area contributed by atoms with Crippen molar-refractivity contribution < 1.29 is 4.79 Å². The largest absolute Gasteiger partial charge is 0.306 e. The van der Waals surface area contributed by atoms with E-state index in [4.69, 9.17) is 5.10 Å². The maximum atomic E-state index is 13.1. The fourth-order valence-corrected chi connectivity index (χ4v) is 3.27. The second-order valence-electron chi connectivity index (χ2n) is 7.38. The third-order valence-electron chi connectivity index (χ3n) is 4.98. The molecule has 2 aromatic carbocycles. The molecule has 0 saturated carbocycles. The molecule has 0 aliphatic rings. The van der Waals surface area contributed by atoms with Crippen LogP contribution >= 0.6 is 0 Å². The van der Waals surface area contributed by atoms with Gasteiger partial charge in [0.05, 0.1) is 17.6 Å². The summed E-state index contributed by atoms with van der Waals surface area (Å²) in [5.41, 5.74) is 5.33. The molecule has 31 heavy (non-hydrogen) atoms. The first-order valence-corrected chi connectivity index (χ1v) is 10.0. The van der Waals surface area contributed by atoms with Gasteiger partial charge in [-0.25, -0.2) is 9.67 Å². The zero-order valence-electron chi connectivity index (χ0n) is 18.0. The van der Waals surface area contributed by atoms with Gasteiger partial charge < -0.3 is 5.32 Å². The molecule has 0 aliphatic heterocycles. The summed E-state index contributed by atoms with van der Waals surface area (Å²) >= 11 is 0. The minimum absolute atomic E-state index is 0.294. The topological polar surface area (TPSA) is 77.1 Å². The van der Waals surface area contributed by atoms with E-state index >= 15 is 0 Å². The molecule has 0 atom stereocenters. The van der Waals surface area contributed by atoms with E-state index in [-0.39, 0.29) is 5.91 Å². The molecule has 0 bridgehead atoms. The molecule has 0 fully saturated rings. The standard InChI is InChI=1S/C24H24N6O/c1-5-25-23-20(15-26-29(23)4)24(31)27-22-14-21(18-10-6-16(2)7-11-18)28-30(22)19-12-8-17(3)9-13-19/h5-15H,1-4H3,(H,27,31). The summed E-state index contributed by atoms with van der Waals surface area (Å²) in [6.45, 7) is 5.88. The first kappa shape index (κ1) is 20.3. The van der Waals surface area contributed by atoms with Crippen LogP contribution in [-0.4, -0.2) is 31.7 Å². The van der Waals surface area contributed by atoms with Crippen molar-refractivity contribution in [3.8, 4) is 16.9 Å². The Balaban J connectivity index is 1.75. The van der Waals surface area contributed by atoms with Crippen molar-refractivity contribution in [3.05, 3.63) is 77.5 Å². The van der Waals surface area contributed by atoms with Gasteiger partial charge in [0.2, 0.25) is 0 Å². The highest BCUT2D eigenvalue weighted by atomic mass is 16.1. The smallest absolute Gasteiger partial charge is 0.262 e. The Bertz CT molecular complexity index is 1250. The van der Waals surface area contributed by atoms with Crippen LogP contribution < -0.4 is 5.32 Å². The van der Waals surface area contributed by atoms with Crippen molar-refractivity contribution in [2.45, 2.75) is 20.8 Å². The van der Waals surface area contributed by atoms with Gasteiger partial charge in [-0.15, -0.1) is 0 Å². The minimum Gasteiger partial charge on any atom is -0.306 e. The first-order chi connectivity index (χ1) is 15.0. The van der Waals surface area contributed by atoms with Gasteiger partial charge in [-0.05, 0) is 32.9 Å². The molecule has 0 saturated heterocycles. The number of hydrogen-bond acceptors (Lipinski definition) is 4. The fourth-order valence-electron chi connectivity index (χ4n) is 3.27. The number of anilines is 1. The van der Waals surface area contributed by atoms with Crippen molar-refractivity contribution in [2.24, 2.45) is 12.0 Å². The monoisotopic (exact) mass is 412 g/mol. The fraction of sp³-hybridized carbons (Fsp3) is 0.167. The van der Waals surface area contributed by atoms with Crippen LogP contribution in [-0.2, 0) is 7.05 Å². The van der Waals surface area contributed by atoms with Crippen molar-refractivity contribution in [2.75, 3.05) is 5.32 Å². The molecule has 0 radical (unpaired) electrons. The maximum Gasteiger partial charge on any atom is 0.262 e. The number of aliphatic imine (C=N–C) groups is 1. The van der Waals surface area contributed by atoms with Crippen molar-refractivity contribution in [1.82, 2.24) is 19.6 Å². The van der Waals surface area contributed by atoms with Gasteiger partial charge in [0.15, 0.2) is 5.82 Å². The van der Waals surface area contributed by atoms with Crippen LogP contribution in [0.2, 0.25) is 0 Å². The summed E-state index contributed by atoms with van der Waals surface area (Å²) in [5.74, 6) is 0.775. The van der Waals surface area contributed by atoms with Gasteiger partial charge in [0, 0.05) is 24.9 Å². The SMILES string of the molecule is CC=Nc1c(C(=O)Nc2cc(-c3ccc(C)cc3)nn2-c2ccc(C)cc2)cnn1C. The number of benzene rings is 2. The maximum absolute atomic E-state index is 13.1. The van der Waals surface area contributed by atoms with Gasteiger partial charge in [-0.1, -0.05) is 47.5 Å². The summed E-state index contributed by atoms with van der Waals surface area (Å²) in [6.07, 6.45) is 3.16. The predicted octanol–water partition coefficient (Wildman–Crippen LogP) is 4.86. The van der Waals surface area contributed by atoms with Gasteiger partial charge in [0.25, 0.3) is 5.91 Å². The normalized spacial score (nSPS) is 11.2. The number of aryl methyl sites for hydroxylation is 3. The average molecular weight is 412 g/mol. The van der Waals surface area contributed by atoms with Gasteiger partial charge in [0.1, 0.15) is 11.4 Å². The van der Waals surface area contributed by atoms with Crippen molar-refractivity contribution in [3.63, 3.8) is 0 Å². The predicted molar refractivity (Wildman–Crippen MR) is 123 cm³/mol. The second kappa shape index (κ2) is 8.39. The third kappa shape index (κ3) is 4.16. The van der Waals surface area contributed by atoms with Crippen molar-refractivity contribution in [1.29, 1.82) is 0 Å². The molecule has 7 nitrogen and oxygen atoms in total. The highest BCUT2D eigenvalue weighted by molar-refractivity contribution is 6.07. The average Bonchev–Trinajstić information content (AvgIpc) is 3.33. The van der Waals surface area contributed by atoms with E-state index in [1.807, 2.05) is 68.4 Å². The number of nitrogens with zero attached hydrogens (tertiary/aromatic N) is 5. The molecule has 4 rings (SSSR count). The lowest BCUT2D eigenvalue weighted by atomic mass is 10.1. The highest BCUT2D eigenvalue weighted by Gasteiger charge is 2.19. The molecule has 4 aromatic rings. The molecular weight excluding hydrogens is 388 g/mol. The Morgan fingerprint density at radius 2 is 1.68 bits per heavy atom. The molecule has 2 heterocycles. The highest BCUT2D eigenvalue weighted by Crippen LogP contribution is 2.27. The number of aromatic nitrogens is 4. The van der Waals surface area contributed by atoms with E-state index in [0.29, 0.717) is 17.2 Å². The molecule has 2 aromatic heterocycles. The summed E-state index contributed by atoms with van der Waals surface area (Å²) in [7, 11) is 1.76. The number of amides is 1. The Hall–Kier alpha value is -4.00. The number of hydrogen-bond donors (Lipinski definition) is 1. The lowest BCUT2D eigenvalue weighted by Crippen LogP contribution is -2.15.